The summed E-state index contributed by atoms with van der Waals surface area (Å²) < 4.78 is 0. The van der Waals surface area contributed by atoms with Gasteiger partial charge in [-0.3, -0.25) is 0 Å². The molecule has 0 radical (unpaired) electrons. The molecule has 0 aromatic carbocycles. The third-order valence-corrected chi connectivity index (χ3v) is 1.70. The van der Waals surface area contributed by atoms with Crippen LogP contribution in [0, 0.1) is 11.3 Å². The quantitative estimate of drug-likeness (QED) is 0.562. The SMILES string of the molecule is N#Cc1nccc(B(O)O)c1Cl. The molecule has 0 fully saturated rings. The molecule has 1 aromatic heterocycles. The van der Waals surface area contributed by atoms with Crippen molar-refractivity contribution < 1.29 is 10.0 Å². The second kappa shape index (κ2) is 3.54. The maximum Gasteiger partial charge on any atom is 0.490 e. The van der Waals surface area contributed by atoms with Gasteiger partial charge in [0, 0.05) is 11.7 Å². The first-order chi connectivity index (χ1) is 5.66. The second-order valence-corrected chi connectivity index (χ2v) is 2.43. The van der Waals surface area contributed by atoms with Gasteiger partial charge in [-0.15, -0.1) is 0 Å². The van der Waals surface area contributed by atoms with E-state index in [0.717, 1.165) is 0 Å². The molecule has 1 heterocycles. The predicted molar refractivity (Wildman–Crippen MR) is 43.8 cm³/mol. The molecule has 0 aliphatic rings. The highest BCUT2D eigenvalue weighted by molar-refractivity contribution is 6.62. The normalized spacial score (nSPS) is 9.17. The Labute approximate surface area is 74.2 Å². The van der Waals surface area contributed by atoms with Crippen molar-refractivity contribution >= 4 is 24.2 Å². The van der Waals surface area contributed by atoms with Crippen molar-refractivity contribution in [2.75, 3.05) is 0 Å². The predicted octanol–water partition coefficient (Wildman–Crippen LogP) is -0.714. The molecule has 0 atom stereocenters. The largest absolute Gasteiger partial charge is 0.490 e. The van der Waals surface area contributed by atoms with E-state index in [2.05, 4.69) is 4.98 Å². The van der Waals surface area contributed by atoms with E-state index >= 15 is 0 Å². The van der Waals surface area contributed by atoms with Crippen LogP contribution < -0.4 is 5.46 Å². The fourth-order valence-electron chi connectivity index (χ4n) is 0.736. The van der Waals surface area contributed by atoms with E-state index in [-0.39, 0.29) is 16.2 Å². The monoisotopic (exact) mass is 182 g/mol. The number of nitriles is 1. The van der Waals surface area contributed by atoms with E-state index in [9.17, 15) is 0 Å². The Morgan fingerprint density at radius 3 is 2.75 bits per heavy atom. The Morgan fingerprint density at radius 2 is 2.25 bits per heavy atom. The molecule has 0 saturated heterocycles. The lowest BCUT2D eigenvalue weighted by Gasteiger charge is -2.01. The molecule has 60 valence electrons. The summed E-state index contributed by atoms with van der Waals surface area (Å²) in [6.07, 6.45) is 1.29. The van der Waals surface area contributed by atoms with E-state index in [0.29, 0.717) is 0 Å². The molecule has 0 bridgehead atoms. The molecule has 4 nitrogen and oxygen atoms in total. The maximum absolute atomic E-state index is 8.76. The van der Waals surface area contributed by atoms with Gasteiger partial charge in [-0.25, -0.2) is 4.98 Å². The van der Waals surface area contributed by atoms with E-state index in [1.165, 1.54) is 12.3 Å². The van der Waals surface area contributed by atoms with Gasteiger partial charge in [-0.05, 0) is 6.07 Å². The number of hydrogen-bond acceptors (Lipinski definition) is 4. The molecule has 0 aliphatic carbocycles. The second-order valence-electron chi connectivity index (χ2n) is 2.05. The van der Waals surface area contributed by atoms with Crippen LogP contribution in [0.5, 0.6) is 0 Å². The van der Waals surface area contributed by atoms with Crippen LogP contribution in [0.2, 0.25) is 5.02 Å². The van der Waals surface area contributed by atoms with Gasteiger partial charge >= 0.3 is 7.12 Å². The molecule has 1 aromatic rings. The molecular weight excluding hydrogens is 178 g/mol. The van der Waals surface area contributed by atoms with Crippen LogP contribution in [0.15, 0.2) is 12.3 Å². The summed E-state index contributed by atoms with van der Waals surface area (Å²) in [5.41, 5.74) is 0.0745. The van der Waals surface area contributed by atoms with Gasteiger partial charge in [0.05, 0.1) is 5.02 Å². The van der Waals surface area contributed by atoms with E-state index in [1.54, 1.807) is 6.07 Å². The number of pyridine rings is 1. The average molecular weight is 182 g/mol. The lowest BCUT2D eigenvalue weighted by molar-refractivity contribution is 0.425. The minimum atomic E-state index is -1.67. The number of hydrogen-bond donors (Lipinski definition) is 2. The van der Waals surface area contributed by atoms with Crippen molar-refractivity contribution in [2.24, 2.45) is 0 Å². The van der Waals surface area contributed by atoms with E-state index in [1.807, 2.05) is 0 Å². The minimum absolute atomic E-state index is 0.0118. The van der Waals surface area contributed by atoms with Crippen LogP contribution in [0.25, 0.3) is 0 Å². The number of nitrogens with zero attached hydrogens (tertiary/aromatic N) is 2. The van der Waals surface area contributed by atoms with Gasteiger partial charge in [0.15, 0.2) is 5.69 Å². The highest BCUT2D eigenvalue weighted by Crippen LogP contribution is 2.08. The van der Waals surface area contributed by atoms with Crippen LogP contribution in [-0.2, 0) is 0 Å². The van der Waals surface area contributed by atoms with Crippen LogP contribution >= 0.6 is 11.6 Å². The lowest BCUT2D eigenvalue weighted by atomic mass is 9.80. The van der Waals surface area contributed by atoms with Crippen molar-refractivity contribution in [2.45, 2.75) is 0 Å². The number of halogens is 1. The summed E-state index contributed by atoms with van der Waals surface area (Å²) in [4.78, 5) is 3.62. The highest BCUT2D eigenvalue weighted by Gasteiger charge is 2.17. The third kappa shape index (κ3) is 1.56. The van der Waals surface area contributed by atoms with Crippen molar-refractivity contribution in [3.63, 3.8) is 0 Å². The number of aromatic nitrogens is 1. The zero-order valence-electron chi connectivity index (χ0n) is 5.90. The van der Waals surface area contributed by atoms with Crippen molar-refractivity contribution in [1.82, 2.24) is 4.98 Å². The Hall–Kier alpha value is -1.09. The minimum Gasteiger partial charge on any atom is -0.423 e. The summed E-state index contributed by atoms with van der Waals surface area (Å²) in [6.45, 7) is 0. The fourth-order valence-corrected chi connectivity index (χ4v) is 0.988. The van der Waals surface area contributed by atoms with Crippen molar-refractivity contribution in [3.05, 3.63) is 23.0 Å². The first kappa shape index (κ1) is 9.01. The van der Waals surface area contributed by atoms with Crippen LogP contribution in [0.4, 0.5) is 0 Å². The summed E-state index contributed by atoms with van der Waals surface area (Å²) in [5.74, 6) is 0. The lowest BCUT2D eigenvalue weighted by Crippen LogP contribution is -2.31. The van der Waals surface area contributed by atoms with E-state index in [4.69, 9.17) is 26.9 Å². The van der Waals surface area contributed by atoms with Crippen LogP contribution in [0.1, 0.15) is 5.69 Å². The molecule has 1 rings (SSSR count). The van der Waals surface area contributed by atoms with Gasteiger partial charge < -0.3 is 10.0 Å². The molecule has 0 aliphatic heterocycles. The van der Waals surface area contributed by atoms with Crippen LogP contribution in [-0.4, -0.2) is 22.2 Å². The molecule has 0 spiro atoms. The summed E-state index contributed by atoms with van der Waals surface area (Å²) >= 11 is 5.60. The van der Waals surface area contributed by atoms with Crippen molar-refractivity contribution in [1.29, 1.82) is 5.26 Å². The van der Waals surface area contributed by atoms with Gasteiger partial charge in [-0.2, -0.15) is 5.26 Å². The Bertz CT molecular complexity index is 337. The maximum atomic E-state index is 8.76. The smallest absolute Gasteiger partial charge is 0.423 e. The third-order valence-electron chi connectivity index (χ3n) is 1.30. The molecule has 0 amide bonds. The Balaban J connectivity index is 3.25. The van der Waals surface area contributed by atoms with Crippen LogP contribution in [0.3, 0.4) is 0 Å². The topological polar surface area (TPSA) is 77.1 Å². The van der Waals surface area contributed by atoms with E-state index < -0.39 is 7.12 Å². The Morgan fingerprint density at radius 1 is 1.58 bits per heavy atom. The zero-order chi connectivity index (χ0) is 9.14. The highest BCUT2D eigenvalue weighted by atomic mass is 35.5. The molecular formula is C6H4BClN2O2. The standard InChI is InChI=1S/C6H4BClN2O2/c8-6-4(7(11)12)1-2-10-5(6)3-9/h1-2,11-12H. The average Bonchev–Trinajstić information content (AvgIpc) is 2.04. The summed E-state index contributed by atoms with van der Waals surface area (Å²) in [5, 5.41) is 26.0. The molecule has 0 saturated carbocycles. The first-order valence-electron chi connectivity index (χ1n) is 3.07. The zero-order valence-corrected chi connectivity index (χ0v) is 6.65. The van der Waals surface area contributed by atoms with Gasteiger partial charge in [0.1, 0.15) is 6.07 Å². The molecule has 6 heteroatoms. The molecule has 2 N–H and O–H groups in total. The fraction of sp³-hybridized carbons (Fsp3) is 0. The number of rotatable bonds is 1. The van der Waals surface area contributed by atoms with Crippen molar-refractivity contribution in [3.8, 4) is 6.07 Å². The first-order valence-corrected chi connectivity index (χ1v) is 3.45. The molecule has 12 heavy (non-hydrogen) atoms. The van der Waals surface area contributed by atoms with Gasteiger partial charge in [0.25, 0.3) is 0 Å². The summed E-state index contributed by atoms with van der Waals surface area (Å²) in [7, 11) is -1.67. The van der Waals surface area contributed by atoms with Gasteiger partial charge in [0.2, 0.25) is 0 Å². The van der Waals surface area contributed by atoms with Gasteiger partial charge in [-0.1, -0.05) is 11.6 Å². The Kier molecular flexibility index (Phi) is 2.66. The molecule has 0 unspecified atom stereocenters. The summed E-state index contributed by atoms with van der Waals surface area (Å²) in [6, 6.07) is 3.07.